The Kier molecular flexibility index (Phi) is 3.84. The first-order valence-corrected chi connectivity index (χ1v) is 5.30. The van der Waals surface area contributed by atoms with E-state index < -0.39 is 0 Å². The van der Waals surface area contributed by atoms with Crippen molar-refractivity contribution in [1.82, 2.24) is 0 Å². The number of benzene rings is 1. The minimum atomic E-state index is -0.104. The molecule has 1 unspecified atom stereocenters. The summed E-state index contributed by atoms with van der Waals surface area (Å²) in [5.41, 5.74) is 9.56. The van der Waals surface area contributed by atoms with E-state index in [9.17, 15) is 0 Å². The minimum absolute atomic E-state index is 0.104. The number of hydrogen-bond acceptors (Lipinski definition) is 2. The van der Waals surface area contributed by atoms with Gasteiger partial charge in [-0.25, -0.2) is 0 Å². The molecule has 0 spiro atoms. The molecule has 1 aromatic rings. The van der Waals surface area contributed by atoms with Crippen molar-refractivity contribution >= 4 is 22.1 Å². The summed E-state index contributed by atoms with van der Waals surface area (Å²) in [6.45, 7) is 4.13. The van der Waals surface area contributed by atoms with Crippen molar-refractivity contribution in [1.29, 1.82) is 0 Å². The SMILES string of the molecule is CN=CC(N)c1c(C)cc(Br)cc1C. The molecule has 76 valence electrons. The molecular weight excluding hydrogens is 240 g/mol. The van der Waals surface area contributed by atoms with Gasteiger partial charge >= 0.3 is 0 Å². The summed E-state index contributed by atoms with van der Waals surface area (Å²) in [6, 6.07) is 4.05. The molecule has 0 amide bonds. The van der Waals surface area contributed by atoms with Crippen molar-refractivity contribution in [3.05, 3.63) is 33.3 Å². The van der Waals surface area contributed by atoms with Gasteiger partial charge in [0.05, 0.1) is 6.04 Å². The summed E-state index contributed by atoms with van der Waals surface area (Å²) < 4.78 is 1.09. The molecule has 0 aliphatic rings. The van der Waals surface area contributed by atoms with Gasteiger partial charge in [0.2, 0.25) is 0 Å². The van der Waals surface area contributed by atoms with E-state index in [1.165, 1.54) is 16.7 Å². The predicted molar refractivity (Wildman–Crippen MR) is 65.0 cm³/mol. The Bertz CT molecular complexity index is 335. The molecule has 1 rings (SSSR count). The highest BCUT2D eigenvalue weighted by Crippen LogP contribution is 2.24. The van der Waals surface area contributed by atoms with Crippen LogP contribution in [-0.4, -0.2) is 13.3 Å². The second-order valence-electron chi connectivity index (χ2n) is 3.39. The largest absolute Gasteiger partial charge is 0.319 e. The molecule has 0 fully saturated rings. The van der Waals surface area contributed by atoms with Gasteiger partial charge < -0.3 is 5.73 Å². The average molecular weight is 255 g/mol. The lowest BCUT2D eigenvalue weighted by Crippen LogP contribution is -2.14. The van der Waals surface area contributed by atoms with Crippen molar-refractivity contribution in [2.45, 2.75) is 19.9 Å². The normalized spacial score (nSPS) is 13.5. The van der Waals surface area contributed by atoms with Crippen molar-refractivity contribution < 1.29 is 0 Å². The maximum absolute atomic E-state index is 5.99. The Hall–Kier alpha value is -0.670. The second kappa shape index (κ2) is 4.71. The predicted octanol–water partition coefficient (Wildman–Crippen LogP) is 2.77. The smallest absolute Gasteiger partial charge is 0.0656 e. The number of halogens is 1. The van der Waals surface area contributed by atoms with E-state index in [2.05, 4.69) is 46.9 Å². The third kappa shape index (κ3) is 2.42. The molecule has 2 nitrogen and oxygen atoms in total. The molecular formula is C11H15BrN2. The first kappa shape index (κ1) is 11.4. The zero-order chi connectivity index (χ0) is 10.7. The van der Waals surface area contributed by atoms with Crippen LogP contribution in [0.4, 0.5) is 0 Å². The zero-order valence-electron chi connectivity index (χ0n) is 8.71. The summed E-state index contributed by atoms with van der Waals surface area (Å²) in [5.74, 6) is 0. The van der Waals surface area contributed by atoms with E-state index in [0.717, 1.165) is 4.47 Å². The van der Waals surface area contributed by atoms with Gasteiger partial charge in [0.25, 0.3) is 0 Å². The molecule has 0 aromatic heterocycles. The molecule has 0 aliphatic heterocycles. The number of rotatable bonds is 2. The first-order chi connectivity index (χ1) is 6.56. The Balaban J connectivity index is 3.20. The molecule has 1 atom stereocenters. The van der Waals surface area contributed by atoms with Crippen LogP contribution in [0.15, 0.2) is 21.6 Å². The van der Waals surface area contributed by atoms with Gasteiger partial charge in [-0.3, -0.25) is 4.99 Å². The third-order valence-corrected chi connectivity index (χ3v) is 2.66. The Morgan fingerprint density at radius 1 is 1.36 bits per heavy atom. The molecule has 3 heteroatoms. The van der Waals surface area contributed by atoms with Gasteiger partial charge in [-0.1, -0.05) is 15.9 Å². The van der Waals surface area contributed by atoms with Crippen LogP contribution in [0, 0.1) is 13.8 Å². The fourth-order valence-electron chi connectivity index (χ4n) is 1.68. The van der Waals surface area contributed by atoms with E-state index in [1.54, 1.807) is 13.3 Å². The summed E-state index contributed by atoms with van der Waals surface area (Å²) >= 11 is 3.46. The van der Waals surface area contributed by atoms with Gasteiger partial charge in [-0.15, -0.1) is 0 Å². The highest BCUT2D eigenvalue weighted by Gasteiger charge is 2.10. The minimum Gasteiger partial charge on any atom is -0.319 e. The lowest BCUT2D eigenvalue weighted by atomic mass is 9.97. The van der Waals surface area contributed by atoms with Crippen LogP contribution in [0.3, 0.4) is 0 Å². The molecule has 0 aliphatic carbocycles. The van der Waals surface area contributed by atoms with Crippen molar-refractivity contribution in [3.8, 4) is 0 Å². The topological polar surface area (TPSA) is 38.4 Å². The highest BCUT2D eigenvalue weighted by atomic mass is 79.9. The fourth-order valence-corrected chi connectivity index (χ4v) is 2.37. The molecule has 0 bridgehead atoms. The van der Waals surface area contributed by atoms with Crippen LogP contribution < -0.4 is 5.73 Å². The molecule has 2 N–H and O–H groups in total. The molecule has 0 saturated carbocycles. The van der Waals surface area contributed by atoms with E-state index in [1.807, 2.05) is 0 Å². The number of hydrogen-bond donors (Lipinski definition) is 1. The number of aliphatic imine (C=N–C) groups is 1. The van der Waals surface area contributed by atoms with E-state index in [-0.39, 0.29) is 6.04 Å². The monoisotopic (exact) mass is 254 g/mol. The van der Waals surface area contributed by atoms with E-state index in [0.29, 0.717) is 0 Å². The van der Waals surface area contributed by atoms with Gasteiger partial charge in [-0.2, -0.15) is 0 Å². The number of nitrogens with two attached hydrogens (primary N) is 1. The van der Waals surface area contributed by atoms with Crippen LogP contribution in [0.2, 0.25) is 0 Å². The zero-order valence-corrected chi connectivity index (χ0v) is 10.3. The fraction of sp³-hybridized carbons (Fsp3) is 0.364. The summed E-state index contributed by atoms with van der Waals surface area (Å²) in [4.78, 5) is 3.95. The maximum atomic E-state index is 5.99. The standard InChI is InChI=1S/C11H15BrN2/c1-7-4-9(12)5-8(2)11(7)10(13)6-14-3/h4-6,10H,13H2,1-3H3. The Morgan fingerprint density at radius 2 is 1.86 bits per heavy atom. The maximum Gasteiger partial charge on any atom is 0.0656 e. The summed E-state index contributed by atoms with van der Waals surface area (Å²) in [6.07, 6.45) is 1.77. The summed E-state index contributed by atoms with van der Waals surface area (Å²) in [7, 11) is 1.74. The quantitative estimate of drug-likeness (QED) is 0.811. The number of nitrogens with zero attached hydrogens (tertiary/aromatic N) is 1. The number of aryl methyl sites for hydroxylation is 2. The molecule has 14 heavy (non-hydrogen) atoms. The van der Waals surface area contributed by atoms with E-state index in [4.69, 9.17) is 5.73 Å². The Morgan fingerprint density at radius 3 is 2.29 bits per heavy atom. The van der Waals surface area contributed by atoms with Crippen LogP contribution in [-0.2, 0) is 0 Å². The van der Waals surface area contributed by atoms with Crippen molar-refractivity contribution in [2.24, 2.45) is 10.7 Å². The lowest BCUT2D eigenvalue weighted by Gasteiger charge is -2.14. The van der Waals surface area contributed by atoms with Gasteiger partial charge in [-0.05, 0) is 42.7 Å². The second-order valence-corrected chi connectivity index (χ2v) is 4.30. The van der Waals surface area contributed by atoms with Crippen LogP contribution in [0.1, 0.15) is 22.7 Å². The molecule has 0 radical (unpaired) electrons. The average Bonchev–Trinajstić information content (AvgIpc) is 2.01. The first-order valence-electron chi connectivity index (χ1n) is 4.50. The third-order valence-electron chi connectivity index (χ3n) is 2.20. The Labute approximate surface area is 93.4 Å². The van der Waals surface area contributed by atoms with Gasteiger partial charge in [0, 0.05) is 17.7 Å². The van der Waals surface area contributed by atoms with Crippen LogP contribution >= 0.6 is 15.9 Å². The molecule has 0 heterocycles. The van der Waals surface area contributed by atoms with Crippen molar-refractivity contribution in [2.75, 3.05) is 7.05 Å². The van der Waals surface area contributed by atoms with Crippen LogP contribution in [0.5, 0.6) is 0 Å². The highest BCUT2D eigenvalue weighted by molar-refractivity contribution is 9.10. The van der Waals surface area contributed by atoms with Gasteiger partial charge in [0.15, 0.2) is 0 Å². The molecule has 0 saturated heterocycles. The lowest BCUT2D eigenvalue weighted by molar-refractivity contribution is 0.947. The van der Waals surface area contributed by atoms with Crippen molar-refractivity contribution in [3.63, 3.8) is 0 Å². The van der Waals surface area contributed by atoms with Crippen LogP contribution in [0.25, 0.3) is 0 Å². The van der Waals surface area contributed by atoms with Gasteiger partial charge in [0.1, 0.15) is 0 Å². The van der Waals surface area contributed by atoms with E-state index >= 15 is 0 Å². The summed E-state index contributed by atoms with van der Waals surface area (Å²) in [5, 5.41) is 0. The molecule has 1 aromatic carbocycles.